The molecule has 0 N–H and O–H groups in total. The summed E-state index contributed by atoms with van der Waals surface area (Å²) in [5.41, 5.74) is 2.60. The minimum Gasteiger partial charge on any atom is -0.343 e. The van der Waals surface area contributed by atoms with Gasteiger partial charge in [-0.05, 0) is 30.7 Å². The van der Waals surface area contributed by atoms with E-state index in [2.05, 4.69) is 11.2 Å². The minimum atomic E-state index is -0.162. The van der Waals surface area contributed by atoms with Crippen LogP contribution in [0.1, 0.15) is 21.6 Å². The lowest BCUT2D eigenvalue weighted by atomic mass is 10.1. The number of aryl methyl sites for hydroxylation is 1. The van der Waals surface area contributed by atoms with E-state index < -0.39 is 0 Å². The third-order valence-electron chi connectivity index (χ3n) is 2.73. The highest BCUT2D eigenvalue weighted by molar-refractivity contribution is 5.91. The van der Waals surface area contributed by atoms with Crippen molar-refractivity contribution in [1.82, 2.24) is 14.7 Å². The van der Waals surface area contributed by atoms with Gasteiger partial charge in [0, 0.05) is 20.3 Å². The Morgan fingerprint density at radius 2 is 2.11 bits per heavy atom. The molecule has 0 aliphatic carbocycles. The summed E-state index contributed by atoms with van der Waals surface area (Å²) in [7, 11) is 3.35. The molecule has 0 atom stereocenters. The molecule has 0 spiro atoms. The maximum Gasteiger partial charge on any atom is 0.273 e. The first-order chi connectivity index (χ1) is 9.02. The van der Waals surface area contributed by atoms with Gasteiger partial charge in [0.05, 0.1) is 11.3 Å². The first-order valence-electron chi connectivity index (χ1n) is 5.81. The van der Waals surface area contributed by atoms with Crippen molar-refractivity contribution in [3.63, 3.8) is 0 Å². The van der Waals surface area contributed by atoms with Crippen LogP contribution in [0.3, 0.4) is 0 Å². The van der Waals surface area contributed by atoms with E-state index in [-0.39, 0.29) is 5.91 Å². The zero-order valence-corrected chi connectivity index (χ0v) is 11.1. The normalized spacial score (nSPS) is 10.0. The largest absolute Gasteiger partial charge is 0.343 e. The van der Waals surface area contributed by atoms with Crippen LogP contribution in [0.5, 0.6) is 0 Å². The molecule has 0 fully saturated rings. The van der Waals surface area contributed by atoms with E-state index in [0.29, 0.717) is 16.9 Å². The third-order valence-corrected chi connectivity index (χ3v) is 2.73. The summed E-state index contributed by atoms with van der Waals surface area (Å²) in [6.07, 6.45) is 1.69. The van der Waals surface area contributed by atoms with Crippen molar-refractivity contribution >= 4 is 5.91 Å². The number of amides is 1. The van der Waals surface area contributed by atoms with Gasteiger partial charge >= 0.3 is 0 Å². The molecular weight excluding hydrogens is 240 g/mol. The van der Waals surface area contributed by atoms with Gasteiger partial charge in [-0.3, -0.25) is 4.79 Å². The number of carbonyl (C=O) groups excluding carboxylic acids is 1. The molecule has 96 valence electrons. The molecular formula is C14H14N4O. The van der Waals surface area contributed by atoms with Crippen LogP contribution in [0.2, 0.25) is 0 Å². The van der Waals surface area contributed by atoms with E-state index in [1.54, 1.807) is 37.1 Å². The van der Waals surface area contributed by atoms with Crippen LogP contribution in [0, 0.1) is 18.3 Å². The van der Waals surface area contributed by atoms with E-state index in [0.717, 1.165) is 5.56 Å². The van der Waals surface area contributed by atoms with Gasteiger partial charge in [0.15, 0.2) is 5.69 Å². The number of nitrogens with zero attached hydrogens (tertiary/aromatic N) is 4. The van der Waals surface area contributed by atoms with Gasteiger partial charge in [-0.25, -0.2) is 4.68 Å². The topological polar surface area (TPSA) is 61.9 Å². The molecule has 1 aromatic carbocycles. The molecule has 0 unspecified atom stereocenters. The van der Waals surface area contributed by atoms with E-state index in [4.69, 9.17) is 5.26 Å². The van der Waals surface area contributed by atoms with Crippen LogP contribution in [-0.2, 0) is 0 Å². The van der Waals surface area contributed by atoms with Gasteiger partial charge in [0.2, 0.25) is 0 Å². The molecule has 0 aliphatic heterocycles. The number of rotatable bonds is 2. The van der Waals surface area contributed by atoms with Gasteiger partial charge in [-0.15, -0.1) is 0 Å². The van der Waals surface area contributed by atoms with E-state index in [1.165, 1.54) is 4.90 Å². The Labute approximate surface area is 111 Å². The van der Waals surface area contributed by atoms with Gasteiger partial charge in [-0.1, -0.05) is 6.07 Å². The Morgan fingerprint density at radius 1 is 1.37 bits per heavy atom. The molecule has 0 saturated heterocycles. The standard InChI is InChI=1S/C14H14N4O/c1-10-4-5-11(9-15)13(8-10)18-7-6-12(16-18)14(19)17(2)3/h4-8H,1-3H3. The van der Waals surface area contributed by atoms with Crippen molar-refractivity contribution in [2.75, 3.05) is 14.1 Å². The fourth-order valence-electron chi connectivity index (χ4n) is 1.73. The van der Waals surface area contributed by atoms with Crippen LogP contribution in [-0.4, -0.2) is 34.7 Å². The average Bonchev–Trinajstić information content (AvgIpc) is 2.87. The lowest BCUT2D eigenvalue weighted by molar-refractivity contribution is 0.0821. The van der Waals surface area contributed by atoms with Crippen molar-refractivity contribution in [2.24, 2.45) is 0 Å². The molecule has 2 rings (SSSR count). The van der Waals surface area contributed by atoms with Crippen molar-refractivity contribution in [3.05, 3.63) is 47.3 Å². The fourth-order valence-corrected chi connectivity index (χ4v) is 1.73. The lowest BCUT2D eigenvalue weighted by Crippen LogP contribution is -2.22. The maximum atomic E-state index is 11.8. The molecule has 0 radical (unpaired) electrons. The number of hydrogen-bond donors (Lipinski definition) is 0. The summed E-state index contributed by atoms with van der Waals surface area (Å²) in [6, 6.07) is 9.26. The molecule has 1 amide bonds. The number of nitriles is 1. The van der Waals surface area contributed by atoms with Crippen molar-refractivity contribution in [1.29, 1.82) is 5.26 Å². The molecule has 2 aromatic rings. The monoisotopic (exact) mass is 254 g/mol. The Bertz CT molecular complexity index is 664. The van der Waals surface area contributed by atoms with Crippen LogP contribution < -0.4 is 0 Å². The zero-order valence-electron chi connectivity index (χ0n) is 11.1. The number of hydrogen-bond acceptors (Lipinski definition) is 3. The quantitative estimate of drug-likeness (QED) is 0.820. The Hall–Kier alpha value is -2.61. The van der Waals surface area contributed by atoms with E-state index in [9.17, 15) is 4.79 Å². The van der Waals surface area contributed by atoms with Gasteiger partial charge < -0.3 is 4.90 Å². The Balaban J connectivity index is 2.47. The summed E-state index contributed by atoms with van der Waals surface area (Å²) < 4.78 is 1.56. The molecule has 0 saturated carbocycles. The second-order valence-corrected chi connectivity index (χ2v) is 4.48. The molecule has 5 nitrogen and oxygen atoms in total. The minimum absolute atomic E-state index is 0.162. The Morgan fingerprint density at radius 3 is 2.74 bits per heavy atom. The lowest BCUT2D eigenvalue weighted by Gasteiger charge is -2.08. The average molecular weight is 254 g/mol. The molecule has 0 aliphatic rings. The van der Waals surface area contributed by atoms with Gasteiger partial charge in [-0.2, -0.15) is 10.4 Å². The second-order valence-electron chi connectivity index (χ2n) is 4.48. The third kappa shape index (κ3) is 2.47. The number of aromatic nitrogens is 2. The number of benzene rings is 1. The van der Waals surface area contributed by atoms with Crippen LogP contribution in [0.15, 0.2) is 30.5 Å². The highest BCUT2D eigenvalue weighted by atomic mass is 16.2. The molecule has 1 heterocycles. The smallest absolute Gasteiger partial charge is 0.273 e. The Kier molecular flexibility index (Phi) is 3.34. The molecule has 1 aromatic heterocycles. The summed E-state index contributed by atoms with van der Waals surface area (Å²) in [5.74, 6) is -0.162. The van der Waals surface area contributed by atoms with Gasteiger partial charge in [0.1, 0.15) is 6.07 Å². The zero-order chi connectivity index (χ0) is 14.0. The van der Waals surface area contributed by atoms with E-state index in [1.807, 2.05) is 19.1 Å². The predicted molar refractivity (Wildman–Crippen MR) is 71.0 cm³/mol. The highest BCUT2D eigenvalue weighted by Crippen LogP contribution is 2.16. The molecule has 0 bridgehead atoms. The molecule has 5 heteroatoms. The summed E-state index contributed by atoms with van der Waals surface area (Å²) in [4.78, 5) is 13.3. The first kappa shape index (κ1) is 12.8. The van der Waals surface area contributed by atoms with Crippen molar-refractivity contribution < 1.29 is 4.79 Å². The first-order valence-corrected chi connectivity index (χ1v) is 5.81. The summed E-state index contributed by atoms with van der Waals surface area (Å²) >= 11 is 0. The van der Waals surface area contributed by atoms with Crippen LogP contribution >= 0.6 is 0 Å². The van der Waals surface area contributed by atoms with Crippen LogP contribution in [0.25, 0.3) is 5.69 Å². The SMILES string of the molecule is Cc1ccc(C#N)c(-n2ccc(C(=O)N(C)C)n2)c1. The maximum absolute atomic E-state index is 11.8. The second kappa shape index (κ2) is 4.94. The van der Waals surface area contributed by atoms with E-state index >= 15 is 0 Å². The summed E-state index contributed by atoms with van der Waals surface area (Å²) in [5, 5.41) is 13.3. The fraction of sp³-hybridized carbons (Fsp3) is 0.214. The molecule has 19 heavy (non-hydrogen) atoms. The summed E-state index contributed by atoms with van der Waals surface area (Å²) in [6.45, 7) is 1.94. The van der Waals surface area contributed by atoms with Gasteiger partial charge in [0.25, 0.3) is 5.91 Å². The van der Waals surface area contributed by atoms with Crippen molar-refractivity contribution in [2.45, 2.75) is 6.92 Å². The van der Waals surface area contributed by atoms with Crippen molar-refractivity contribution in [3.8, 4) is 11.8 Å². The predicted octanol–water partition coefficient (Wildman–Crippen LogP) is 1.75. The van der Waals surface area contributed by atoms with Crippen LogP contribution in [0.4, 0.5) is 0 Å². The number of carbonyl (C=O) groups is 1. The highest BCUT2D eigenvalue weighted by Gasteiger charge is 2.13.